The lowest BCUT2D eigenvalue weighted by atomic mass is 9.94. The second-order valence-electron chi connectivity index (χ2n) is 5.26. The highest BCUT2D eigenvalue weighted by molar-refractivity contribution is 9.09. The number of nitro groups is 1. The summed E-state index contributed by atoms with van der Waals surface area (Å²) in [5.41, 5.74) is 0.120. The Bertz CT molecular complexity index is 557. The number of hydrogen-bond donors (Lipinski definition) is 0. The Balaban J connectivity index is 2.12. The van der Waals surface area contributed by atoms with Gasteiger partial charge in [0.2, 0.25) is 0 Å². The quantitative estimate of drug-likeness (QED) is 0.457. The van der Waals surface area contributed by atoms with E-state index in [0.717, 1.165) is 12.8 Å². The third-order valence-corrected chi connectivity index (χ3v) is 4.78. The van der Waals surface area contributed by atoms with Crippen molar-refractivity contribution in [3.05, 3.63) is 38.9 Å². The van der Waals surface area contributed by atoms with Crippen molar-refractivity contribution in [2.75, 3.05) is 13.1 Å². The van der Waals surface area contributed by atoms with Crippen LogP contribution in [-0.4, -0.2) is 33.6 Å². The number of hydrogen-bond acceptors (Lipinski definition) is 3. The van der Waals surface area contributed by atoms with Gasteiger partial charge in [-0.15, -0.1) is 0 Å². The summed E-state index contributed by atoms with van der Waals surface area (Å²) in [6, 6.07) is 4.01. The summed E-state index contributed by atoms with van der Waals surface area (Å²) in [6.07, 6.45) is 1.86. The van der Waals surface area contributed by atoms with Gasteiger partial charge < -0.3 is 4.90 Å². The molecule has 21 heavy (non-hydrogen) atoms. The van der Waals surface area contributed by atoms with Crippen molar-refractivity contribution in [2.24, 2.45) is 5.92 Å². The lowest BCUT2D eigenvalue weighted by Crippen LogP contribution is -2.40. The largest absolute Gasteiger partial charge is 0.339 e. The van der Waals surface area contributed by atoms with Crippen LogP contribution in [0.1, 0.15) is 30.1 Å². The number of carbonyl (C=O) groups is 1. The number of piperidine rings is 1. The van der Waals surface area contributed by atoms with E-state index in [1.54, 1.807) is 4.90 Å². The van der Waals surface area contributed by atoms with Crippen LogP contribution >= 0.6 is 27.5 Å². The molecule has 5 nitrogen and oxygen atoms in total. The van der Waals surface area contributed by atoms with Crippen LogP contribution in [0, 0.1) is 16.0 Å². The second kappa shape index (κ2) is 6.75. The van der Waals surface area contributed by atoms with Gasteiger partial charge in [0.05, 0.1) is 4.92 Å². The van der Waals surface area contributed by atoms with E-state index >= 15 is 0 Å². The van der Waals surface area contributed by atoms with E-state index < -0.39 is 4.92 Å². The topological polar surface area (TPSA) is 63.5 Å². The Kier molecular flexibility index (Phi) is 5.22. The number of benzene rings is 1. The third-order valence-electron chi connectivity index (χ3n) is 3.82. The van der Waals surface area contributed by atoms with E-state index in [9.17, 15) is 14.9 Å². The monoisotopic (exact) mass is 374 g/mol. The minimum Gasteiger partial charge on any atom is -0.339 e. The Morgan fingerprint density at radius 2 is 2.05 bits per heavy atom. The lowest BCUT2D eigenvalue weighted by Gasteiger charge is -2.33. The number of halogens is 2. The van der Waals surface area contributed by atoms with Crippen LogP contribution in [0.3, 0.4) is 0 Å². The highest BCUT2D eigenvalue weighted by atomic mass is 79.9. The number of rotatable bonds is 3. The molecule has 1 heterocycles. The fourth-order valence-electron chi connectivity index (χ4n) is 2.55. The molecule has 1 aliphatic heterocycles. The number of nitro benzene ring substituents is 1. The van der Waals surface area contributed by atoms with E-state index in [1.165, 1.54) is 18.2 Å². The average molecular weight is 376 g/mol. The van der Waals surface area contributed by atoms with E-state index in [1.807, 2.05) is 0 Å². The first-order chi connectivity index (χ1) is 9.88. The summed E-state index contributed by atoms with van der Waals surface area (Å²) in [5.74, 6) is 0.365. The number of alkyl halides is 1. The summed E-state index contributed by atoms with van der Waals surface area (Å²) >= 11 is 9.44. The predicted molar refractivity (Wildman–Crippen MR) is 85.1 cm³/mol. The zero-order chi connectivity index (χ0) is 15.6. The molecule has 1 aromatic rings. The Hall–Kier alpha value is -1.14. The van der Waals surface area contributed by atoms with Gasteiger partial charge in [-0.1, -0.05) is 34.5 Å². The first kappa shape index (κ1) is 16.2. The molecule has 1 aliphatic rings. The first-order valence-electron chi connectivity index (χ1n) is 6.77. The Labute approximate surface area is 136 Å². The van der Waals surface area contributed by atoms with E-state index in [4.69, 9.17) is 11.6 Å². The van der Waals surface area contributed by atoms with Gasteiger partial charge in [0.15, 0.2) is 0 Å². The van der Waals surface area contributed by atoms with Gasteiger partial charge >= 0.3 is 0 Å². The Morgan fingerprint density at radius 1 is 1.43 bits per heavy atom. The molecule has 1 aromatic carbocycles. The van der Waals surface area contributed by atoms with Crippen molar-refractivity contribution >= 4 is 39.1 Å². The van der Waals surface area contributed by atoms with Crippen LogP contribution in [0.4, 0.5) is 5.69 Å². The molecule has 0 bridgehead atoms. The molecule has 0 saturated carbocycles. The van der Waals surface area contributed by atoms with Gasteiger partial charge in [0.1, 0.15) is 0 Å². The molecular weight excluding hydrogens is 360 g/mol. The van der Waals surface area contributed by atoms with Crippen molar-refractivity contribution in [1.82, 2.24) is 4.90 Å². The van der Waals surface area contributed by atoms with Crippen molar-refractivity contribution in [1.29, 1.82) is 0 Å². The van der Waals surface area contributed by atoms with Gasteiger partial charge in [0, 0.05) is 40.6 Å². The molecule has 1 amide bonds. The molecule has 0 aromatic heterocycles. The maximum atomic E-state index is 12.4. The zero-order valence-corrected chi connectivity index (χ0v) is 13.9. The van der Waals surface area contributed by atoms with Crippen molar-refractivity contribution in [2.45, 2.75) is 24.6 Å². The lowest BCUT2D eigenvalue weighted by molar-refractivity contribution is -0.384. The second-order valence-corrected chi connectivity index (χ2v) is 7.14. The number of non-ortho nitro benzene ring substituents is 1. The molecule has 0 radical (unpaired) electrons. The minimum absolute atomic E-state index is 0.158. The first-order valence-corrected chi connectivity index (χ1v) is 8.06. The molecule has 0 N–H and O–H groups in total. The van der Waals surface area contributed by atoms with Crippen LogP contribution in [0.2, 0.25) is 5.02 Å². The van der Waals surface area contributed by atoms with Crippen LogP contribution < -0.4 is 0 Å². The maximum Gasteiger partial charge on any atom is 0.271 e. The molecule has 1 saturated heterocycles. The summed E-state index contributed by atoms with van der Waals surface area (Å²) in [4.78, 5) is 24.9. The standard InChI is InChI=1S/C14H16BrClN2O3/c1-9(15)10-2-4-17(5-3-10)14(19)11-6-12(16)8-13(7-11)18(20)21/h6-10H,2-5H2,1H3. The van der Waals surface area contributed by atoms with E-state index in [2.05, 4.69) is 22.9 Å². The van der Waals surface area contributed by atoms with E-state index in [-0.39, 0.29) is 22.2 Å². The molecule has 2 rings (SSSR count). The van der Waals surface area contributed by atoms with Crippen LogP contribution in [0.25, 0.3) is 0 Å². The fourth-order valence-corrected chi connectivity index (χ4v) is 3.31. The highest BCUT2D eigenvalue weighted by Gasteiger charge is 2.26. The molecule has 1 fully saturated rings. The minimum atomic E-state index is -0.540. The van der Waals surface area contributed by atoms with Gasteiger partial charge in [-0.05, 0) is 24.8 Å². The predicted octanol–water partition coefficient (Wildman–Crippen LogP) is 3.88. The number of nitrogens with zero attached hydrogens (tertiary/aromatic N) is 2. The number of amides is 1. The molecule has 1 unspecified atom stereocenters. The summed E-state index contributed by atoms with van der Waals surface area (Å²) in [7, 11) is 0. The zero-order valence-electron chi connectivity index (χ0n) is 11.6. The Morgan fingerprint density at radius 3 is 2.57 bits per heavy atom. The molecule has 7 heteroatoms. The number of carbonyl (C=O) groups excluding carboxylic acids is 1. The smallest absolute Gasteiger partial charge is 0.271 e. The molecule has 1 atom stereocenters. The van der Waals surface area contributed by atoms with Crippen molar-refractivity contribution in [3.8, 4) is 0 Å². The SMILES string of the molecule is CC(Br)C1CCN(C(=O)c2cc(Cl)cc([N+](=O)[O-])c2)CC1. The normalized spacial score (nSPS) is 17.6. The molecule has 0 spiro atoms. The molecule has 0 aliphatic carbocycles. The average Bonchev–Trinajstić information content (AvgIpc) is 2.45. The molecular formula is C14H16BrClN2O3. The van der Waals surface area contributed by atoms with Crippen LogP contribution in [-0.2, 0) is 0 Å². The summed E-state index contributed by atoms with van der Waals surface area (Å²) in [6.45, 7) is 3.45. The maximum absolute atomic E-state index is 12.4. The van der Waals surface area contributed by atoms with Crippen LogP contribution in [0.15, 0.2) is 18.2 Å². The van der Waals surface area contributed by atoms with Crippen molar-refractivity contribution in [3.63, 3.8) is 0 Å². The summed E-state index contributed by atoms with van der Waals surface area (Å²) in [5, 5.41) is 11.0. The van der Waals surface area contributed by atoms with Crippen LogP contribution in [0.5, 0.6) is 0 Å². The summed E-state index contributed by atoms with van der Waals surface area (Å²) < 4.78 is 0. The molecule has 114 valence electrons. The van der Waals surface area contributed by atoms with Crippen molar-refractivity contribution < 1.29 is 9.72 Å². The highest BCUT2D eigenvalue weighted by Crippen LogP contribution is 2.27. The van der Waals surface area contributed by atoms with Gasteiger partial charge in [0.25, 0.3) is 11.6 Å². The van der Waals surface area contributed by atoms with Gasteiger partial charge in [-0.2, -0.15) is 0 Å². The van der Waals surface area contributed by atoms with Gasteiger partial charge in [-0.3, -0.25) is 14.9 Å². The van der Waals surface area contributed by atoms with E-state index in [0.29, 0.717) is 23.8 Å². The van der Waals surface area contributed by atoms with Gasteiger partial charge in [-0.25, -0.2) is 0 Å². The number of likely N-dealkylation sites (tertiary alicyclic amines) is 1. The third kappa shape index (κ3) is 3.95. The fraction of sp³-hybridized carbons (Fsp3) is 0.500.